The molecular weight excluding hydrogens is 228 g/mol. The summed E-state index contributed by atoms with van der Waals surface area (Å²) in [6, 6.07) is 13.0. The number of rotatable bonds is 2. The summed E-state index contributed by atoms with van der Waals surface area (Å²) in [5.74, 6) is 0. The van der Waals surface area contributed by atoms with Crippen LogP contribution in [-0.4, -0.2) is 4.32 Å². The Kier molecular flexibility index (Phi) is 3.06. The third kappa shape index (κ3) is 2.57. The van der Waals surface area contributed by atoms with Gasteiger partial charge in [0.15, 0.2) is 0 Å². The molecule has 0 heterocycles. The van der Waals surface area contributed by atoms with Crippen molar-refractivity contribution < 1.29 is 0 Å². The molecule has 0 unspecified atom stereocenters. The Morgan fingerprint density at radius 1 is 1.15 bits per heavy atom. The van der Waals surface area contributed by atoms with Crippen LogP contribution in [0.4, 0.5) is 0 Å². The highest BCUT2D eigenvalue weighted by atomic mass is 79.9. The van der Waals surface area contributed by atoms with Crippen LogP contribution in [0.25, 0.3) is 0 Å². The Morgan fingerprint density at radius 2 is 1.69 bits per heavy atom. The molecule has 0 spiro atoms. The Morgan fingerprint density at radius 3 is 2.15 bits per heavy atom. The quantitative estimate of drug-likeness (QED) is 0.737. The second-order valence-electron chi connectivity index (χ2n) is 2.49. The van der Waals surface area contributed by atoms with Gasteiger partial charge in [-0.15, -0.1) is 0 Å². The monoisotopic (exact) mass is 233 g/mol. The van der Waals surface area contributed by atoms with Gasteiger partial charge < -0.3 is 0 Å². The Bertz CT molecular complexity index is 345. The standard InChI is InChI=1S/C10H6BrN2/c11-10(7-12,8-13)6-9-4-2-1-3-5-9/h1-6H. The lowest BCUT2D eigenvalue weighted by Crippen LogP contribution is -2.15. The smallest absolute Gasteiger partial charge is 0.196 e. The summed E-state index contributed by atoms with van der Waals surface area (Å²) in [5.41, 5.74) is 0.850. The fourth-order valence-electron chi connectivity index (χ4n) is 0.868. The van der Waals surface area contributed by atoms with Gasteiger partial charge in [0.1, 0.15) is 0 Å². The van der Waals surface area contributed by atoms with Crippen molar-refractivity contribution in [1.29, 1.82) is 10.5 Å². The maximum Gasteiger partial charge on any atom is 0.205 e. The van der Waals surface area contributed by atoms with Crippen molar-refractivity contribution in [3.05, 3.63) is 42.3 Å². The zero-order chi connectivity index (χ0) is 9.73. The zero-order valence-electron chi connectivity index (χ0n) is 6.74. The summed E-state index contributed by atoms with van der Waals surface area (Å²) in [6.07, 6.45) is 1.58. The molecule has 0 aliphatic carbocycles. The summed E-state index contributed by atoms with van der Waals surface area (Å²) in [5, 5.41) is 17.4. The van der Waals surface area contributed by atoms with E-state index in [2.05, 4.69) is 15.9 Å². The van der Waals surface area contributed by atoms with E-state index >= 15 is 0 Å². The molecule has 0 saturated heterocycles. The average molecular weight is 234 g/mol. The first-order chi connectivity index (χ1) is 6.20. The number of hydrogen-bond acceptors (Lipinski definition) is 2. The Labute approximate surface area is 85.5 Å². The van der Waals surface area contributed by atoms with Crippen LogP contribution in [0.5, 0.6) is 0 Å². The molecule has 2 nitrogen and oxygen atoms in total. The van der Waals surface area contributed by atoms with Crippen molar-refractivity contribution in [1.82, 2.24) is 0 Å². The van der Waals surface area contributed by atoms with E-state index in [4.69, 9.17) is 10.5 Å². The Balaban J connectivity index is 2.83. The summed E-state index contributed by atoms with van der Waals surface area (Å²) in [6.45, 7) is 0. The first-order valence-electron chi connectivity index (χ1n) is 3.62. The van der Waals surface area contributed by atoms with E-state index in [1.165, 1.54) is 0 Å². The second kappa shape index (κ2) is 4.07. The van der Waals surface area contributed by atoms with Gasteiger partial charge in [0, 0.05) is 6.42 Å². The van der Waals surface area contributed by atoms with E-state index in [9.17, 15) is 0 Å². The van der Waals surface area contributed by atoms with Gasteiger partial charge in [0.25, 0.3) is 0 Å². The van der Waals surface area contributed by atoms with Gasteiger partial charge in [-0.3, -0.25) is 0 Å². The summed E-state index contributed by atoms with van der Waals surface area (Å²) in [4.78, 5) is 0. The normalized spacial score (nSPS) is 10.1. The molecule has 0 fully saturated rings. The number of hydrogen-bond donors (Lipinski definition) is 0. The van der Waals surface area contributed by atoms with Crippen LogP contribution in [0, 0.1) is 29.1 Å². The highest BCUT2D eigenvalue weighted by Crippen LogP contribution is 2.23. The van der Waals surface area contributed by atoms with Crippen molar-refractivity contribution in [3.63, 3.8) is 0 Å². The molecule has 0 N–H and O–H groups in total. The number of halogens is 1. The van der Waals surface area contributed by atoms with Gasteiger partial charge in [0.05, 0.1) is 12.1 Å². The molecule has 0 aliphatic rings. The lowest BCUT2D eigenvalue weighted by atomic mass is 10.0. The first-order valence-corrected chi connectivity index (χ1v) is 4.42. The molecular formula is C10H6BrN2. The molecule has 1 aromatic rings. The number of alkyl halides is 1. The predicted octanol–water partition coefficient (Wildman–Crippen LogP) is 2.42. The minimum atomic E-state index is -1.21. The number of nitriles is 2. The van der Waals surface area contributed by atoms with Gasteiger partial charge in [-0.2, -0.15) is 10.5 Å². The SMILES string of the molecule is N#CC(Br)(C#N)[CH]c1ccccc1. The first kappa shape index (κ1) is 9.77. The minimum Gasteiger partial charge on any atom is -0.196 e. The van der Waals surface area contributed by atoms with E-state index in [1.54, 1.807) is 6.42 Å². The zero-order valence-corrected chi connectivity index (χ0v) is 8.32. The molecule has 1 rings (SSSR count). The van der Waals surface area contributed by atoms with Gasteiger partial charge in [-0.1, -0.05) is 46.3 Å². The molecule has 0 aromatic heterocycles. The third-order valence-corrected chi connectivity index (χ3v) is 2.07. The highest BCUT2D eigenvalue weighted by molar-refractivity contribution is 9.10. The summed E-state index contributed by atoms with van der Waals surface area (Å²) < 4.78 is -1.21. The molecule has 13 heavy (non-hydrogen) atoms. The van der Waals surface area contributed by atoms with Crippen molar-refractivity contribution in [2.75, 3.05) is 0 Å². The average Bonchev–Trinajstić information content (AvgIpc) is 2.19. The predicted molar refractivity (Wildman–Crippen MR) is 52.7 cm³/mol. The molecule has 0 bridgehead atoms. The van der Waals surface area contributed by atoms with Crippen molar-refractivity contribution in [2.45, 2.75) is 4.32 Å². The van der Waals surface area contributed by atoms with Crippen LogP contribution in [0.2, 0.25) is 0 Å². The van der Waals surface area contributed by atoms with E-state index in [0.29, 0.717) is 0 Å². The summed E-state index contributed by atoms with van der Waals surface area (Å²) >= 11 is 3.04. The van der Waals surface area contributed by atoms with Crippen molar-refractivity contribution in [2.24, 2.45) is 0 Å². The summed E-state index contributed by atoms with van der Waals surface area (Å²) in [7, 11) is 0. The van der Waals surface area contributed by atoms with Gasteiger partial charge in [-0.25, -0.2) is 0 Å². The Hall–Kier alpha value is -1.32. The third-order valence-electron chi connectivity index (χ3n) is 1.49. The lowest BCUT2D eigenvalue weighted by molar-refractivity contribution is 1.09. The molecule has 0 aliphatic heterocycles. The van der Waals surface area contributed by atoms with Crippen LogP contribution >= 0.6 is 15.9 Å². The molecule has 1 radical (unpaired) electrons. The molecule has 1 aromatic carbocycles. The van der Waals surface area contributed by atoms with Crippen molar-refractivity contribution in [3.8, 4) is 12.1 Å². The van der Waals surface area contributed by atoms with Crippen LogP contribution in [-0.2, 0) is 0 Å². The minimum absolute atomic E-state index is 0.850. The van der Waals surface area contributed by atoms with Gasteiger partial charge >= 0.3 is 0 Å². The number of nitrogens with zero attached hydrogens (tertiary/aromatic N) is 2. The topological polar surface area (TPSA) is 47.6 Å². The second-order valence-corrected chi connectivity index (χ2v) is 3.74. The molecule has 0 saturated carbocycles. The highest BCUT2D eigenvalue weighted by Gasteiger charge is 2.26. The van der Waals surface area contributed by atoms with Crippen molar-refractivity contribution >= 4 is 15.9 Å². The van der Waals surface area contributed by atoms with Gasteiger partial charge in [0.2, 0.25) is 4.32 Å². The fraction of sp³-hybridized carbons (Fsp3) is 0.100. The van der Waals surface area contributed by atoms with Crippen LogP contribution in [0.1, 0.15) is 5.56 Å². The molecule has 0 amide bonds. The van der Waals surface area contributed by atoms with E-state index in [-0.39, 0.29) is 0 Å². The fourth-order valence-corrected chi connectivity index (χ4v) is 1.13. The maximum absolute atomic E-state index is 8.70. The lowest BCUT2D eigenvalue weighted by Gasteiger charge is -2.08. The number of benzene rings is 1. The van der Waals surface area contributed by atoms with Crippen LogP contribution in [0.3, 0.4) is 0 Å². The largest absolute Gasteiger partial charge is 0.205 e. The van der Waals surface area contributed by atoms with Crippen LogP contribution in [0.15, 0.2) is 30.3 Å². The van der Waals surface area contributed by atoms with E-state index in [1.807, 2.05) is 42.5 Å². The molecule has 63 valence electrons. The van der Waals surface area contributed by atoms with E-state index in [0.717, 1.165) is 5.56 Å². The van der Waals surface area contributed by atoms with E-state index < -0.39 is 4.32 Å². The van der Waals surface area contributed by atoms with Gasteiger partial charge in [-0.05, 0) is 5.56 Å². The maximum atomic E-state index is 8.70. The molecule has 0 atom stereocenters. The van der Waals surface area contributed by atoms with Crippen LogP contribution < -0.4 is 0 Å². The molecule has 3 heteroatoms.